The first-order valence-corrected chi connectivity index (χ1v) is 12.8. The van der Waals surface area contributed by atoms with Crippen molar-refractivity contribution < 1.29 is 0 Å². The monoisotopic (exact) mass is 507 g/mol. The van der Waals surface area contributed by atoms with Gasteiger partial charge in [-0.05, 0) is 0 Å². The lowest BCUT2D eigenvalue weighted by Gasteiger charge is -2.11. The van der Waals surface area contributed by atoms with E-state index >= 15 is 0 Å². The van der Waals surface area contributed by atoms with Gasteiger partial charge in [0.2, 0.25) is 0 Å². The molecule has 0 saturated heterocycles. The second kappa shape index (κ2) is 12.4. The van der Waals surface area contributed by atoms with Crippen molar-refractivity contribution in [2.45, 2.75) is 0 Å². The Bertz CT molecular complexity index is 1540. The number of hydrogen-bond donors (Lipinski definition) is 0. The van der Waals surface area contributed by atoms with E-state index in [0.29, 0.717) is 16.7 Å². The molecule has 182 valence electrons. The number of hydrogen-bond acceptors (Lipinski definition) is 1. The molecule has 0 atom stereocenters. The molecule has 0 aliphatic rings. The van der Waals surface area contributed by atoms with E-state index in [0.717, 1.165) is 33.5 Å². The molecule has 5 rings (SSSR count). The molecule has 0 N–H and O–H groups in total. The Kier molecular flexibility index (Phi) is 8.14. The van der Waals surface area contributed by atoms with E-state index in [4.69, 9.17) is 27.2 Å². The molecule has 38 heavy (non-hydrogen) atoms. The fourth-order valence-electron chi connectivity index (χ4n) is 3.92. The predicted molar refractivity (Wildman–Crippen MR) is 163 cm³/mol. The Morgan fingerprint density at radius 3 is 1.05 bits per heavy atom. The topological polar surface area (TPSA) is 37.1 Å². The summed E-state index contributed by atoms with van der Waals surface area (Å²) in [6, 6.07) is 49.9. The lowest BCUT2D eigenvalue weighted by atomic mass is 10.0. The summed E-state index contributed by atoms with van der Waals surface area (Å²) in [5, 5.41) is 0. The molecule has 0 saturated carbocycles. The van der Waals surface area contributed by atoms with Crippen LogP contribution in [0.5, 0.6) is 0 Å². The number of rotatable bonds is 5. The van der Waals surface area contributed by atoms with Crippen molar-refractivity contribution >= 4 is 34.6 Å². The van der Waals surface area contributed by atoms with Gasteiger partial charge in [-0.3, -0.25) is 0 Å². The molecule has 0 spiro atoms. The van der Waals surface area contributed by atoms with Gasteiger partial charge in [0.25, 0.3) is 0 Å². The molecule has 3 nitrogen and oxygen atoms in total. The molecule has 0 aliphatic carbocycles. The third kappa shape index (κ3) is 6.30. The number of nitrogens with zero attached hydrogens (tertiary/aromatic N) is 3. The van der Waals surface area contributed by atoms with E-state index in [2.05, 4.69) is 24.3 Å². The molecular formula is C34H25N3S. The molecule has 0 amide bonds. The minimum Gasteiger partial charge on any atom is -0.227 e. The van der Waals surface area contributed by atoms with Crippen molar-refractivity contribution in [1.29, 1.82) is 0 Å². The van der Waals surface area contributed by atoms with Crippen LogP contribution in [0.2, 0.25) is 0 Å². The van der Waals surface area contributed by atoms with Crippen LogP contribution in [0.15, 0.2) is 167 Å². The van der Waals surface area contributed by atoms with E-state index in [1.54, 1.807) is 0 Å². The van der Waals surface area contributed by atoms with Crippen LogP contribution in [-0.2, 0) is 0 Å². The Hall–Kier alpha value is -4.80. The summed E-state index contributed by atoms with van der Waals surface area (Å²) in [6.45, 7) is 0. The summed E-state index contributed by atoms with van der Waals surface area (Å²) in [7, 11) is 0. The zero-order valence-corrected chi connectivity index (χ0v) is 21.5. The van der Waals surface area contributed by atoms with E-state index in [1.165, 1.54) is 0 Å². The maximum atomic E-state index is 5.71. The number of aliphatic imine (C=N–C) groups is 3. The van der Waals surface area contributed by atoms with Crippen molar-refractivity contribution in [3.8, 4) is 0 Å². The van der Waals surface area contributed by atoms with Crippen molar-refractivity contribution in [2.75, 3.05) is 0 Å². The molecule has 0 bridgehead atoms. The summed E-state index contributed by atoms with van der Waals surface area (Å²) >= 11 is 5.71. The van der Waals surface area contributed by atoms with Crippen LogP contribution in [0.3, 0.4) is 0 Å². The minimum absolute atomic E-state index is 0.468. The van der Waals surface area contributed by atoms with Crippen LogP contribution < -0.4 is 0 Å². The molecule has 0 radical (unpaired) electrons. The summed E-state index contributed by atoms with van der Waals surface area (Å²) in [4.78, 5) is 15.5. The quantitative estimate of drug-likeness (QED) is 0.136. The van der Waals surface area contributed by atoms with Crippen LogP contribution in [0, 0.1) is 0 Å². The van der Waals surface area contributed by atoms with Crippen molar-refractivity contribution in [3.63, 3.8) is 0 Å². The molecule has 5 aromatic rings. The van der Waals surface area contributed by atoms with Gasteiger partial charge in [-0.15, -0.1) is 0 Å². The van der Waals surface area contributed by atoms with Gasteiger partial charge in [0.05, 0.1) is 5.71 Å². The largest absolute Gasteiger partial charge is 0.227 e. The van der Waals surface area contributed by atoms with Gasteiger partial charge in [-0.1, -0.05) is 164 Å². The molecule has 0 aliphatic heterocycles. The molecule has 0 fully saturated rings. The maximum absolute atomic E-state index is 5.71. The zero-order valence-electron chi connectivity index (χ0n) is 20.7. The molecule has 4 heteroatoms. The van der Waals surface area contributed by atoms with Crippen LogP contribution >= 0.6 is 12.2 Å². The highest BCUT2D eigenvalue weighted by Crippen LogP contribution is 2.16. The highest BCUT2D eigenvalue weighted by molar-refractivity contribution is 7.80. The minimum atomic E-state index is 0.468. The normalized spacial score (nSPS) is 11.6. The SMILES string of the molecule is S=C(N=C(N=C(N=C(c1ccccc1)c1ccccc1)c1ccccc1)c1ccccc1)c1ccccc1. The van der Waals surface area contributed by atoms with Crippen LogP contribution in [0.25, 0.3) is 0 Å². The highest BCUT2D eigenvalue weighted by atomic mass is 32.1. The lowest BCUT2D eigenvalue weighted by molar-refractivity contribution is 1.45. The van der Waals surface area contributed by atoms with Gasteiger partial charge < -0.3 is 0 Å². The smallest absolute Gasteiger partial charge is 0.163 e. The maximum Gasteiger partial charge on any atom is 0.163 e. The third-order valence-electron chi connectivity index (χ3n) is 5.82. The van der Waals surface area contributed by atoms with Crippen LogP contribution in [0.1, 0.15) is 27.8 Å². The second-order valence-corrected chi connectivity index (χ2v) is 8.85. The van der Waals surface area contributed by atoms with Crippen molar-refractivity contribution in [2.24, 2.45) is 15.0 Å². The molecule has 0 unspecified atom stereocenters. The van der Waals surface area contributed by atoms with Gasteiger partial charge in [0.15, 0.2) is 11.7 Å². The van der Waals surface area contributed by atoms with Crippen LogP contribution in [0.4, 0.5) is 0 Å². The molecule has 5 aromatic carbocycles. The standard InChI is InChI=1S/C34H25N3S/c38-34(30-24-14-5-15-25-30)37-33(29-22-12-4-13-23-29)36-32(28-20-10-3-11-21-28)35-31(26-16-6-1-7-17-26)27-18-8-2-9-19-27/h1-25H. The van der Waals surface area contributed by atoms with Crippen molar-refractivity contribution in [1.82, 2.24) is 0 Å². The molecular weight excluding hydrogens is 482 g/mol. The molecule has 0 aromatic heterocycles. The van der Waals surface area contributed by atoms with Gasteiger partial charge in [0.1, 0.15) is 4.99 Å². The Morgan fingerprint density at radius 1 is 0.342 bits per heavy atom. The van der Waals surface area contributed by atoms with E-state index in [9.17, 15) is 0 Å². The first-order valence-electron chi connectivity index (χ1n) is 12.3. The zero-order chi connectivity index (χ0) is 26.0. The van der Waals surface area contributed by atoms with Gasteiger partial charge in [0, 0.05) is 27.8 Å². The fourth-order valence-corrected chi connectivity index (χ4v) is 4.14. The highest BCUT2D eigenvalue weighted by Gasteiger charge is 2.13. The fraction of sp³-hybridized carbons (Fsp3) is 0. The second-order valence-electron chi connectivity index (χ2n) is 8.47. The number of thiocarbonyl (C=S) groups is 1. The average Bonchev–Trinajstić information content (AvgIpc) is 3.01. The Labute approximate surface area is 228 Å². The average molecular weight is 508 g/mol. The van der Waals surface area contributed by atoms with E-state index in [1.807, 2.05) is 127 Å². The number of benzene rings is 5. The summed E-state index contributed by atoms with van der Waals surface area (Å²) < 4.78 is 0. The van der Waals surface area contributed by atoms with Gasteiger partial charge in [-0.25, -0.2) is 15.0 Å². The number of amidine groups is 2. The van der Waals surface area contributed by atoms with Crippen LogP contribution in [-0.4, -0.2) is 22.4 Å². The Balaban J connectivity index is 1.72. The van der Waals surface area contributed by atoms with Gasteiger partial charge in [-0.2, -0.15) is 0 Å². The van der Waals surface area contributed by atoms with E-state index in [-0.39, 0.29) is 0 Å². The van der Waals surface area contributed by atoms with Gasteiger partial charge >= 0.3 is 0 Å². The summed E-state index contributed by atoms with van der Waals surface area (Å²) in [5.41, 5.74) is 5.43. The van der Waals surface area contributed by atoms with Crippen molar-refractivity contribution in [3.05, 3.63) is 179 Å². The third-order valence-corrected chi connectivity index (χ3v) is 6.14. The first kappa shape index (κ1) is 24.9. The summed E-state index contributed by atoms with van der Waals surface area (Å²) in [6.07, 6.45) is 0. The first-order chi connectivity index (χ1) is 18.8. The Morgan fingerprint density at radius 2 is 0.658 bits per heavy atom. The molecule has 0 heterocycles. The summed E-state index contributed by atoms with van der Waals surface area (Å²) in [5.74, 6) is 1.05. The predicted octanol–water partition coefficient (Wildman–Crippen LogP) is 7.79. The van der Waals surface area contributed by atoms with E-state index < -0.39 is 0 Å². The lowest BCUT2D eigenvalue weighted by Crippen LogP contribution is -2.12.